The number of aromatic nitrogens is 2. The Morgan fingerprint density at radius 1 is 1.23 bits per heavy atom. The van der Waals surface area contributed by atoms with Crippen LogP contribution in [0, 0.1) is 5.82 Å². The summed E-state index contributed by atoms with van der Waals surface area (Å²) in [5.74, 6) is -0.328. The number of rotatable bonds is 6. The minimum atomic E-state index is -0.371. The normalized spacial score (nSPS) is 10.5. The predicted molar refractivity (Wildman–Crippen MR) is 83.4 cm³/mol. The Morgan fingerprint density at radius 2 is 1.95 bits per heavy atom. The topological polar surface area (TPSA) is 70.2 Å². The first-order valence-electron chi connectivity index (χ1n) is 6.83. The largest absolute Gasteiger partial charge is 0.353 e. The molecule has 1 aromatic carbocycles. The van der Waals surface area contributed by atoms with Gasteiger partial charge in [-0.1, -0.05) is 0 Å². The number of nitrogens with one attached hydrogen (secondary N) is 2. The molecule has 22 heavy (non-hydrogen) atoms. The van der Waals surface area contributed by atoms with Crippen LogP contribution in [0.3, 0.4) is 0 Å². The van der Waals surface area contributed by atoms with Gasteiger partial charge in [-0.15, -0.1) is 0 Å². The molecule has 7 heteroatoms. The van der Waals surface area contributed by atoms with Gasteiger partial charge in [0.05, 0.1) is 0 Å². The van der Waals surface area contributed by atoms with Crippen LogP contribution in [0.5, 0.6) is 0 Å². The van der Waals surface area contributed by atoms with Crippen LogP contribution in [0.1, 0.15) is 10.5 Å². The van der Waals surface area contributed by atoms with Gasteiger partial charge in [-0.3, -0.25) is 4.79 Å². The summed E-state index contributed by atoms with van der Waals surface area (Å²) in [5, 5.41) is 5.70. The lowest BCUT2D eigenvalue weighted by Gasteiger charge is -2.10. The van der Waals surface area contributed by atoms with E-state index in [1.807, 2.05) is 19.0 Å². The number of amides is 1. The van der Waals surface area contributed by atoms with Gasteiger partial charge in [-0.05, 0) is 44.4 Å². The minimum absolute atomic E-state index is 0.242. The lowest BCUT2D eigenvalue weighted by molar-refractivity contribution is 0.102. The summed E-state index contributed by atoms with van der Waals surface area (Å²) in [4.78, 5) is 22.4. The second kappa shape index (κ2) is 7.46. The Morgan fingerprint density at radius 3 is 2.64 bits per heavy atom. The molecule has 0 fully saturated rings. The average Bonchev–Trinajstić information content (AvgIpc) is 2.49. The van der Waals surface area contributed by atoms with Crippen molar-refractivity contribution in [2.24, 2.45) is 0 Å². The highest BCUT2D eigenvalue weighted by Crippen LogP contribution is 2.10. The third kappa shape index (κ3) is 4.78. The lowest BCUT2D eigenvalue weighted by Crippen LogP contribution is -2.22. The van der Waals surface area contributed by atoms with E-state index in [1.165, 1.54) is 36.5 Å². The molecular weight excluding hydrogens is 285 g/mol. The van der Waals surface area contributed by atoms with Gasteiger partial charge in [0, 0.05) is 25.0 Å². The molecule has 0 bridgehead atoms. The van der Waals surface area contributed by atoms with Gasteiger partial charge in [0.1, 0.15) is 11.5 Å². The lowest BCUT2D eigenvalue weighted by atomic mass is 10.3. The van der Waals surface area contributed by atoms with E-state index in [0.717, 1.165) is 6.54 Å². The number of hydrogen-bond donors (Lipinski definition) is 2. The fraction of sp³-hybridized carbons (Fsp3) is 0.267. The molecule has 0 aliphatic rings. The van der Waals surface area contributed by atoms with Crippen LogP contribution >= 0.6 is 0 Å². The summed E-state index contributed by atoms with van der Waals surface area (Å²) in [6, 6.07) is 7.07. The molecule has 2 rings (SSSR count). The van der Waals surface area contributed by atoms with Gasteiger partial charge in [0.2, 0.25) is 5.95 Å². The molecule has 116 valence electrons. The van der Waals surface area contributed by atoms with Crippen molar-refractivity contribution >= 4 is 17.5 Å². The van der Waals surface area contributed by atoms with E-state index >= 15 is 0 Å². The van der Waals surface area contributed by atoms with Gasteiger partial charge >= 0.3 is 0 Å². The summed E-state index contributed by atoms with van der Waals surface area (Å²) in [7, 11) is 3.93. The molecule has 2 N–H and O–H groups in total. The van der Waals surface area contributed by atoms with E-state index < -0.39 is 0 Å². The molecule has 0 aliphatic heterocycles. The fourth-order valence-corrected chi connectivity index (χ4v) is 1.69. The van der Waals surface area contributed by atoms with Crippen molar-refractivity contribution in [2.75, 3.05) is 37.8 Å². The second-order valence-electron chi connectivity index (χ2n) is 4.96. The van der Waals surface area contributed by atoms with Crippen molar-refractivity contribution in [1.29, 1.82) is 0 Å². The van der Waals surface area contributed by atoms with E-state index in [-0.39, 0.29) is 17.4 Å². The number of anilines is 2. The molecule has 1 amide bonds. The SMILES string of the molecule is CN(C)CCNc1nccc(C(=O)Nc2ccc(F)cc2)n1. The first-order valence-corrected chi connectivity index (χ1v) is 6.83. The molecule has 0 atom stereocenters. The maximum atomic E-state index is 12.8. The van der Waals surface area contributed by atoms with E-state index in [2.05, 4.69) is 20.6 Å². The Balaban J connectivity index is 1.99. The first kappa shape index (κ1) is 15.8. The number of carbonyl (C=O) groups excluding carboxylic acids is 1. The summed E-state index contributed by atoms with van der Waals surface area (Å²) in [6.45, 7) is 1.51. The number of hydrogen-bond acceptors (Lipinski definition) is 5. The van der Waals surface area contributed by atoms with Gasteiger partial charge < -0.3 is 15.5 Å². The minimum Gasteiger partial charge on any atom is -0.353 e. The summed E-state index contributed by atoms with van der Waals surface area (Å²) in [6.07, 6.45) is 1.52. The molecule has 2 aromatic rings. The number of benzene rings is 1. The first-order chi connectivity index (χ1) is 10.5. The zero-order valence-electron chi connectivity index (χ0n) is 12.5. The molecule has 0 unspecified atom stereocenters. The number of carbonyl (C=O) groups is 1. The average molecular weight is 303 g/mol. The highest BCUT2D eigenvalue weighted by molar-refractivity contribution is 6.02. The van der Waals surface area contributed by atoms with Crippen molar-refractivity contribution in [2.45, 2.75) is 0 Å². The molecular formula is C15H18FN5O. The third-order valence-electron chi connectivity index (χ3n) is 2.83. The highest BCUT2D eigenvalue weighted by atomic mass is 19.1. The molecule has 0 aliphatic carbocycles. The molecule has 1 aromatic heterocycles. The van der Waals surface area contributed by atoms with Crippen molar-refractivity contribution in [1.82, 2.24) is 14.9 Å². The molecule has 0 spiro atoms. The van der Waals surface area contributed by atoms with Crippen molar-refractivity contribution < 1.29 is 9.18 Å². The zero-order chi connectivity index (χ0) is 15.9. The predicted octanol–water partition coefficient (Wildman–Crippen LogP) is 1.84. The maximum Gasteiger partial charge on any atom is 0.274 e. The number of nitrogens with zero attached hydrogens (tertiary/aromatic N) is 3. The second-order valence-corrected chi connectivity index (χ2v) is 4.96. The number of likely N-dealkylation sites (N-methyl/N-ethyl adjacent to an activating group) is 1. The van der Waals surface area contributed by atoms with Crippen molar-refractivity contribution in [3.63, 3.8) is 0 Å². The van der Waals surface area contributed by atoms with E-state index in [0.29, 0.717) is 18.2 Å². The van der Waals surface area contributed by atoms with Gasteiger partial charge in [-0.2, -0.15) is 0 Å². The van der Waals surface area contributed by atoms with Crippen LogP contribution < -0.4 is 10.6 Å². The maximum absolute atomic E-state index is 12.8. The van der Waals surface area contributed by atoms with Gasteiger partial charge in [0.25, 0.3) is 5.91 Å². The Kier molecular flexibility index (Phi) is 5.37. The van der Waals surface area contributed by atoms with Gasteiger partial charge in [0.15, 0.2) is 0 Å². The number of halogens is 1. The van der Waals surface area contributed by atoms with Crippen molar-refractivity contribution in [3.8, 4) is 0 Å². The van der Waals surface area contributed by atoms with E-state index in [4.69, 9.17) is 0 Å². The monoisotopic (exact) mass is 303 g/mol. The van der Waals surface area contributed by atoms with Crippen LogP contribution in [0.4, 0.5) is 16.0 Å². The third-order valence-corrected chi connectivity index (χ3v) is 2.83. The summed E-state index contributed by atoms with van der Waals surface area (Å²) in [5.41, 5.74) is 0.749. The highest BCUT2D eigenvalue weighted by Gasteiger charge is 2.09. The van der Waals surface area contributed by atoms with Crippen LogP contribution in [-0.4, -0.2) is 48.0 Å². The Bertz CT molecular complexity index is 630. The summed E-state index contributed by atoms with van der Waals surface area (Å²) >= 11 is 0. The Hall–Kier alpha value is -2.54. The van der Waals surface area contributed by atoms with Crippen molar-refractivity contribution in [3.05, 3.63) is 48.0 Å². The molecule has 6 nitrogen and oxygen atoms in total. The van der Waals surface area contributed by atoms with Crippen LogP contribution in [0.2, 0.25) is 0 Å². The standard InChI is InChI=1S/C15H18FN5O/c1-21(2)10-9-18-15-17-8-7-13(20-15)14(22)19-12-5-3-11(16)4-6-12/h3-8H,9-10H2,1-2H3,(H,19,22)(H,17,18,20). The van der Waals surface area contributed by atoms with E-state index in [9.17, 15) is 9.18 Å². The quantitative estimate of drug-likeness (QED) is 0.852. The molecule has 0 saturated heterocycles. The molecule has 0 saturated carbocycles. The summed E-state index contributed by atoms with van der Waals surface area (Å²) < 4.78 is 12.8. The van der Waals surface area contributed by atoms with Crippen LogP contribution in [-0.2, 0) is 0 Å². The van der Waals surface area contributed by atoms with Crippen LogP contribution in [0.25, 0.3) is 0 Å². The van der Waals surface area contributed by atoms with Crippen LogP contribution in [0.15, 0.2) is 36.5 Å². The molecule has 0 radical (unpaired) electrons. The smallest absolute Gasteiger partial charge is 0.274 e. The molecule has 1 heterocycles. The Labute approximate surface area is 128 Å². The van der Waals surface area contributed by atoms with Gasteiger partial charge in [-0.25, -0.2) is 14.4 Å². The van der Waals surface area contributed by atoms with E-state index in [1.54, 1.807) is 0 Å². The fourth-order valence-electron chi connectivity index (χ4n) is 1.69. The zero-order valence-corrected chi connectivity index (χ0v) is 12.5.